The Kier molecular flexibility index (Phi) is 9.31. The number of hydrogen-bond donors (Lipinski definition) is 0. The molecule has 1 aliphatic heterocycles. The molecule has 0 spiro atoms. The average Bonchev–Trinajstić information content (AvgIpc) is 3.14. The molecule has 2 aromatic rings. The van der Waals surface area contributed by atoms with Crippen LogP contribution in [0.15, 0.2) is 30.3 Å². The number of aryl methyl sites for hydroxylation is 3. The van der Waals surface area contributed by atoms with Crippen LogP contribution in [-0.4, -0.2) is 18.0 Å². The maximum absolute atomic E-state index is 4.58. The molecule has 2 aromatic carbocycles. The van der Waals surface area contributed by atoms with E-state index < -0.39 is 0 Å². The maximum atomic E-state index is 4.58. The third-order valence-electron chi connectivity index (χ3n) is 5.76. The summed E-state index contributed by atoms with van der Waals surface area (Å²) in [6, 6.07) is 11.4. The number of benzene rings is 2. The normalized spacial score (nSPS) is 14.6. The van der Waals surface area contributed by atoms with Crippen molar-refractivity contribution < 1.29 is 20.0 Å². The molecule has 1 heterocycles. The first-order chi connectivity index (χ1) is 13.8. The van der Waals surface area contributed by atoms with Gasteiger partial charge in [-0.05, 0) is 73.5 Å². The first kappa shape index (κ1) is 24.5. The van der Waals surface area contributed by atoms with Gasteiger partial charge in [0.05, 0.1) is 0 Å². The summed E-state index contributed by atoms with van der Waals surface area (Å²) in [4.78, 5) is 4.97. The predicted molar refractivity (Wildman–Crippen MR) is 123 cm³/mol. The van der Waals surface area contributed by atoms with Crippen LogP contribution in [-0.2, 0) is 26.5 Å². The Morgan fingerprint density at radius 3 is 1.93 bits per heavy atom. The van der Waals surface area contributed by atoms with Crippen molar-refractivity contribution in [2.45, 2.75) is 66.8 Å². The molecular weight excluding hydrogens is 561 g/mol. The molecule has 0 saturated carbocycles. The molecule has 164 valence electrons. The Hall–Kier alpha value is -0.770. The molecule has 3 rings (SSSR count). The zero-order valence-electron chi connectivity index (χ0n) is 18.8. The summed E-state index contributed by atoms with van der Waals surface area (Å²) in [5.41, 5.74) is 9.99. The molecule has 1 aliphatic rings. The molecule has 2 nitrogen and oxygen atoms in total. The van der Waals surface area contributed by atoms with E-state index in [1.54, 1.807) is 20.0 Å². The fourth-order valence-corrected chi connectivity index (χ4v) is 4.34. The molecule has 0 bridgehead atoms. The van der Waals surface area contributed by atoms with Crippen LogP contribution in [0.5, 0.6) is 0 Å². The molecule has 0 aliphatic carbocycles. The minimum absolute atomic E-state index is 0.530. The van der Waals surface area contributed by atoms with Crippen molar-refractivity contribution in [3.8, 4) is 0 Å². The van der Waals surface area contributed by atoms with Crippen LogP contribution in [0.1, 0.15) is 72.9 Å². The van der Waals surface area contributed by atoms with Crippen molar-refractivity contribution in [3.05, 3.63) is 70.4 Å². The average molecular weight is 596 g/mol. The molecule has 1 saturated heterocycles. The molecule has 0 radical (unpaired) electrons. The zero-order valence-corrected chi connectivity index (χ0v) is 21.7. The SMILES string of the molecule is Cc1cc(C)c(CN2[CH-]N(c3c(C(C)C)cccc3C(C)C)CC2)c(C)c1.[Cl][Au]. The second-order valence-corrected chi connectivity index (χ2v) is 8.75. The van der Waals surface area contributed by atoms with E-state index in [-0.39, 0.29) is 0 Å². The molecule has 4 heteroatoms. The van der Waals surface area contributed by atoms with Crippen molar-refractivity contribution in [1.29, 1.82) is 0 Å². The number of para-hydroxylation sites is 1. The van der Waals surface area contributed by atoms with Gasteiger partial charge in [-0.1, -0.05) is 63.6 Å². The number of anilines is 1. The zero-order chi connectivity index (χ0) is 21.7. The number of rotatable bonds is 5. The van der Waals surface area contributed by atoms with E-state index in [0.29, 0.717) is 11.8 Å². The summed E-state index contributed by atoms with van der Waals surface area (Å²) >= 11 is 1.75. The standard InChI is InChI=1S/C25H35N2.Au.ClH/c1-17(2)22-9-8-10-23(18(3)4)25(22)27-12-11-26(16-27)15-24-20(6)13-19(5)14-21(24)7;;/h8-10,13-14,16-18H,11-12,15H2,1-7H3;;1H/q-1;+1;/p-1. The summed E-state index contributed by atoms with van der Waals surface area (Å²) < 4.78 is 0. The quantitative estimate of drug-likeness (QED) is 0.272. The van der Waals surface area contributed by atoms with Crippen molar-refractivity contribution in [3.63, 3.8) is 0 Å². The Balaban J connectivity index is 0.00000145. The Morgan fingerprint density at radius 1 is 0.931 bits per heavy atom. The van der Waals surface area contributed by atoms with Crippen LogP contribution in [0.3, 0.4) is 0 Å². The van der Waals surface area contributed by atoms with Gasteiger partial charge in [0.25, 0.3) is 0 Å². The van der Waals surface area contributed by atoms with Crippen molar-refractivity contribution in [2.75, 3.05) is 18.0 Å². The number of nitrogens with zero attached hydrogens (tertiary/aromatic N) is 2. The summed E-state index contributed by atoms with van der Waals surface area (Å²) in [6.07, 6.45) is 0. The van der Waals surface area contributed by atoms with E-state index in [0.717, 1.165) is 19.6 Å². The van der Waals surface area contributed by atoms with Crippen molar-refractivity contribution in [1.82, 2.24) is 4.90 Å². The summed E-state index contributed by atoms with van der Waals surface area (Å²) in [6.45, 7) is 21.4. The molecule has 0 aromatic heterocycles. The summed E-state index contributed by atoms with van der Waals surface area (Å²) in [5, 5.41) is 0. The molecule has 0 amide bonds. The Bertz CT molecular complexity index is 767. The van der Waals surface area contributed by atoms with E-state index in [4.69, 9.17) is 0 Å². The van der Waals surface area contributed by atoms with Gasteiger partial charge in [-0.3, -0.25) is 0 Å². The Labute approximate surface area is 194 Å². The molecule has 0 N–H and O–H groups in total. The number of halogens is 1. The molecule has 0 unspecified atom stereocenters. The molecule has 0 atom stereocenters. The monoisotopic (exact) mass is 595 g/mol. The van der Waals surface area contributed by atoms with Crippen LogP contribution >= 0.6 is 9.19 Å². The van der Waals surface area contributed by atoms with Crippen molar-refractivity contribution in [2.24, 2.45) is 0 Å². The minimum atomic E-state index is 0.530. The topological polar surface area (TPSA) is 6.48 Å². The van der Waals surface area contributed by atoms with Gasteiger partial charge in [-0.2, -0.15) is 6.67 Å². The van der Waals surface area contributed by atoms with Crippen LogP contribution < -0.4 is 4.90 Å². The van der Waals surface area contributed by atoms with Crippen LogP contribution in [0.2, 0.25) is 0 Å². The van der Waals surface area contributed by atoms with E-state index >= 15 is 0 Å². The van der Waals surface area contributed by atoms with Gasteiger partial charge in [0.15, 0.2) is 0 Å². The van der Waals surface area contributed by atoms with Crippen LogP contribution in [0.25, 0.3) is 0 Å². The first-order valence-electron chi connectivity index (χ1n) is 10.4. The van der Waals surface area contributed by atoms with E-state index in [1.165, 1.54) is 39.1 Å². The fourth-order valence-electron chi connectivity index (χ4n) is 4.34. The van der Waals surface area contributed by atoms with Gasteiger partial charge in [-0.25, -0.2) is 0 Å². The molecular formula is C25H35AuClN2-. The predicted octanol–water partition coefficient (Wildman–Crippen LogP) is 6.99. The van der Waals surface area contributed by atoms with Gasteiger partial charge in [0, 0.05) is 12.2 Å². The third kappa shape index (κ3) is 5.89. The van der Waals surface area contributed by atoms with Gasteiger partial charge in [0.1, 0.15) is 0 Å². The van der Waals surface area contributed by atoms with Gasteiger partial charge >= 0.3 is 29.2 Å². The molecule has 1 fully saturated rings. The summed E-state index contributed by atoms with van der Waals surface area (Å²) in [7, 11) is 4.58. The van der Waals surface area contributed by atoms with E-state index in [9.17, 15) is 0 Å². The second-order valence-electron chi connectivity index (χ2n) is 8.75. The molecule has 29 heavy (non-hydrogen) atoms. The van der Waals surface area contributed by atoms with E-state index in [2.05, 4.69) is 104 Å². The summed E-state index contributed by atoms with van der Waals surface area (Å²) in [5.74, 6) is 1.06. The Morgan fingerprint density at radius 2 is 1.45 bits per heavy atom. The number of hydrogen-bond acceptors (Lipinski definition) is 2. The van der Waals surface area contributed by atoms with Gasteiger partial charge < -0.3 is 9.80 Å². The van der Waals surface area contributed by atoms with Crippen LogP contribution in [0.4, 0.5) is 5.69 Å². The first-order valence-corrected chi connectivity index (χ1v) is 13.1. The van der Waals surface area contributed by atoms with E-state index in [1.807, 2.05) is 0 Å². The van der Waals surface area contributed by atoms with Gasteiger partial charge in [0.2, 0.25) is 0 Å². The fraction of sp³-hybridized carbons (Fsp3) is 0.480. The second kappa shape index (κ2) is 11.0. The third-order valence-corrected chi connectivity index (χ3v) is 5.76. The van der Waals surface area contributed by atoms with Crippen molar-refractivity contribution >= 4 is 14.9 Å². The van der Waals surface area contributed by atoms with Gasteiger partial charge in [-0.15, -0.1) is 0 Å². The van der Waals surface area contributed by atoms with Crippen LogP contribution in [0, 0.1) is 27.4 Å².